The third-order valence-corrected chi connectivity index (χ3v) is 3.05. The molecule has 0 aliphatic heterocycles. The van der Waals surface area contributed by atoms with Crippen molar-refractivity contribution in [2.45, 2.75) is 6.92 Å². The SMILES string of the molecule is Cc1ccc(C(=O)Nc2ccncc2F)c(Br)c1. The minimum Gasteiger partial charge on any atom is -0.319 e. The molecule has 1 heterocycles. The van der Waals surface area contributed by atoms with Crippen LogP contribution in [0.15, 0.2) is 41.1 Å². The van der Waals surface area contributed by atoms with Crippen LogP contribution in [0, 0.1) is 12.7 Å². The van der Waals surface area contributed by atoms with Gasteiger partial charge in [0.05, 0.1) is 17.4 Å². The van der Waals surface area contributed by atoms with E-state index in [0.717, 1.165) is 11.8 Å². The Balaban J connectivity index is 2.25. The number of benzene rings is 1. The van der Waals surface area contributed by atoms with Gasteiger partial charge in [-0.05, 0) is 46.6 Å². The van der Waals surface area contributed by atoms with Crippen LogP contribution >= 0.6 is 15.9 Å². The summed E-state index contributed by atoms with van der Waals surface area (Å²) < 4.78 is 14.0. The summed E-state index contributed by atoms with van der Waals surface area (Å²) in [6.45, 7) is 1.93. The van der Waals surface area contributed by atoms with Gasteiger partial charge < -0.3 is 5.32 Å². The Morgan fingerprint density at radius 2 is 2.17 bits per heavy atom. The number of carbonyl (C=O) groups is 1. The number of rotatable bonds is 2. The zero-order valence-corrected chi connectivity index (χ0v) is 11.2. The second-order valence-corrected chi connectivity index (χ2v) is 4.65. The van der Waals surface area contributed by atoms with E-state index in [1.165, 1.54) is 12.3 Å². The number of amides is 1. The molecule has 0 aliphatic rings. The van der Waals surface area contributed by atoms with E-state index in [1.807, 2.05) is 19.1 Å². The number of hydrogen-bond acceptors (Lipinski definition) is 2. The number of aromatic nitrogens is 1. The van der Waals surface area contributed by atoms with Gasteiger partial charge in [-0.2, -0.15) is 0 Å². The highest BCUT2D eigenvalue weighted by atomic mass is 79.9. The Morgan fingerprint density at radius 3 is 2.83 bits per heavy atom. The van der Waals surface area contributed by atoms with Crippen LogP contribution < -0.4 is 5.32 Å². The van der Waals surface area contributed by atoms with Gasteiger partial charge in [-0.1, -0.05) is 6.07 Å². The van der Waals surface area contributed by atoms with Crippen molar-refractivity contribution in [2.75, 3.05) is 5.32 Å². The summed E-state index contributed by atoms with van der Waals surface area (Å²) in [5.41, 5.74) is 1.60. The van der Waals surface area contributed by atoms with Crippen molar-refractivity contribution in [3.8, 4) is 0 Å². The summed E-state index contributed by atoms with van der Waals surface area (Å²) >= 11 is 3.31. The van der Waals surface area contributed by atoms with Gasteiger partial charge in [0.1, 0.15) is 0 Å². The second kappa shape index (κ2) is 5.27. The maximum absolute atomic E-state index is 13.3. The summed E-state index contributed by atoms with van der Waals surface area (Å²) in [6.07, 6.45) is 2.47. The lowest BCUT2D eigenvalue weighted by atomic mass is 10.1. The number of nitrogens with zero attached hydrogens (tertiary/aromatic N) is 1. The smallest absolute Gasteiger partial charge is 0.256 e. The molecule has 0 atom stereocenters. The zero-order chi connectivity index (χ0) is 13.1. The summed E-state index contributed by atoms with van der Waals surface area (Å²) in [6, 6.07) is 6.75. The topological polar surface area (TPSA) is 42.0 Å². The van der Waals surface area contributed by atoms with Gasteiger partial charge in [-0.15, -0.1) is 0 Å². The van der Waals surface area contributed by atoms with Crippen molar-refractivity contribution >= 4 is 27.5 Å². The molecule has 2 aromatic rings. The third-order valence-electron chi connectivity index (χ3n) is 2.39. The maximum atomic E-state index is 13.3. The van der Waals surface area contributed by atoms with Crippen molar-refractivity contribution in [2.24, 2.45) is 0 Å². The van der Waals surface area contributed by atoms with E-state index in [0.29, 0.717) is 10.0 Å². The van der Waals surface area contributed by atoms with Crippen molar-refractivity contribution in [3.63, 3.8) is 0 Å². The molecule has 2 rings (SSSR count). The first-order valence-electron chi connectivity index (χ1n) is 5.25. The fraction of sp³-hybridized carbons (Fsp3) is 0.0769. The molecule has 0 saturated heterocycles. The minimum absolute atomic E-state index is 0.113. The first-order chi connectivity index (χ1) is 8.58. The molecule has 0 radical (unpaired) electrons. The molecule has 0 bridgehead atoms. The molecule has 1 amide bonds. The molecule has 0 fully saturated rings. The second-order valence-electron chi connectivity index (χ2n) is 3.79. The molecule has 0 aliphatic carbocycles. The van der Waals surface area contributed by atoms with Crippen LogP contribution in [0.1, 0.15) is 15.9 Å². The lowest BCUT2D eigenvalue weighted by molar-refractivity contribution is 0.102. The molecule has 3 nitrogen and oxygen atoms in total. The maximum Gasteiger partial charge on any atom is 0.256 e. The molecule has 0 spiro atoms. The number of halogens is 2. The van der Waals surface area contributed by atoms with Crippen LogP contribution in [0.2, 0.25) is 0 Å². The average Bonchev–Trinajstić information content (AvgIpc) is 2.32. The van der Waals surface area contributed by atoms with Gasteiger partial charge in [0, 0.05) is 10.7 Å². The highest BCUT2D eigenvalue weighted by Crippen LogP contribution is 2.20. The van der Waals surface area contributed by atoms with E-state index in [2.05, 4.69) is 26.2 Å². The van der Waals surface area contributed by atoms with Gasteiger partial charge in [-0.25, -0.2) is 4.39 Å². The van der Waals surface area contributed by atoms with Crippen molar-refractivity contribution in [1.29, 1.82) is 0 Å². The highest BCUT2D eigenvalue weighted by molar-refractivity contribution is 9.10. The van der Waals surface area contributed by atoms with Crippen LogP contribution in [0.4, 0.5) is 10.1 Å². The summed E-state index contributed by atoms with van der Waals surface area (Å²) in [7, 11) is 0. The Bertz CT molecular complexity index is 601. The molecular formula is C13H10BrFN2O. The van der Waals surface area contributed by atoms with Crippen LogP contribution in [-0.2, 0) is 0 Å². The highest BCUT2D eigenvalue weighted by Gasteiger charge is 2.12. The Labute approximate surface area is 112 Å². The van der Waals surface area contributed by atoms with E-state index in [9.17, 15) is 9.18 Å². The summed E-state index contributed by atoms with van der Waals surface area (Å²) in [5.74, 6) is -0.930. The van der Waals surface area contributed by atoms with E-state index in [4.69, 9.17) is 0 Å². The van der Waals surface area contributed by atoms with Crippen molar-refractivity contribution in [3.05, 3.63) is 58.1 Å². The predicted molar refractivity (Wildman–Crippen MR) is 71.0 cm³/mol. The summed E-state index contributed by atoms with van der Waals surface area (Å²) in [5, 5.41) is 2.50. The van der Waals surface area contributed by atoms with E-state index >= 15 is 0 Å². The molecule has 5 heteroatoms. The van der Waals surface area contributed by atoms with Crippen molar-refractivity contribution in [1.82, 2.24) is 4.98 Å². The molecule has 0 unspecified atom stereocenters. The standard InChI is InChI=1S/C13H10BrFN2O/c1-8-2-3-9(10(14)6-8)13(18)17-12-4-5-16-7-11(12)15/h2-7H,1H3,(H,16,17,18). The number of nitrogens with one attached hydrogen (secondary N) is 1. The molecule has 92 valence electrons. The average molecular weight is 309 g/mol. The zero-order valence-electron chi connectivity index (χ0n) is 9.58. The molecule has 18 heavy (non-hydrogen) atoms. The molecule has 1 aromatic heterocycles. The van der Waals surface area contributed by atoms with E-state index in [1.54, 1.807) is 6.07 Å². The van der Waals surface area contributed by atoms with Gasteiger partial charge in [0.15, 0.2) is 5.82 Å². The molecule has 0 saturated carbocycles. The number of hydrogen-bond donors (Lipinski definition) is 1. The number of carbonyl (C=O) groups excluding carboxylic acids is 1. The quantitative estimate of drug-likeness (QED) is 0.922. The Hall–Kier alpha value is -1.75. The Morgan fingerprint density at radius 1 is 1.39 bits per heavy atom. The fourth-order valence-electron chi connectivity index (χ4n) is 1.47. The lowest BCUT2D eigenvalue weighted by Gasteiger charge is -2.07. The van der Waals surface area contributed by atoms with Gasteiger partial charge in [0.25, 0.3) is 5.91 Å². The molecule has 1 aromatic carbocycles. The molecular weight excluding hydrogens is 299 g/mol. The molecule has 1 N–H and O–H groups in total. The monoisotopic (exact) mass is 308 g/mol. The van der Waals surface area contributed by atoms with Crippen LogP contribution in [0.5, 0.6) is 0 Å². The normalized spacial score (nSPS) is 10.2. The minimum atomic E-state index is -0.561. The lowest BCUT2D eigenvalue weighted by Crippen LogP contribution is -2.13. The number of anilines is 1. The first-order valence-corrected chi connectivity index (χ1v) is 6.04. The van der Waals surface area contributed by atoms with Gasteiger partial charge >= 0.3 is 0 Å². The van der Waals surface area contributed by atoms with Gasteiger partial charge in [0.2, 0.25) is 0 Å². The predicted octanol–water partition coefficient (Wildman–Crippen LogP) is 3.54. The largest absolute Gasteiger partial charge is 0.319 e. The van der Waals surface area contributed by atoms with Crippen LogP contribution in [0.25, 0.3) is 0 Å². The first kappa shape index (κ1) is 12.7. The van der Waals surface area contributed by atoms with E-state index < -0.39 is 5.82 Å². The van der Waals surface area contributed by atoms with Crippen molar-refractivity contribution < 1.29 is 9.18 Å². The van der Waals surface area contributed by atoms with Gasteiger partial charge in [-0.3, -0.25) is 9.78 Å². The summed E-state index contributed by atoms with van der Waals surface area (Å²) in [4.78, 5) is 15.6. The third kappa shape index (κ3) is 2.73. The number of pyridine rings is 1. The Kier molecular flexibility index (Phi) is 3.72. The van der Waals surface area contributed by atoms with Crippen LogP contribution in [0.3, 0.4) is 0 Å². The number of aryl methyl sites for hydroxylation is 1. The van der Waals surface area contributed by atoms with Crippen LogP contribution in [-0.4, -0.2) is 10.9 Å². The fourth-order valence-corrected chi connectivity index (χ4v) is 2.14. The van der Waals surface area contributed by atoms with E-state index in [-0.39, 0.29) is 11.6 Å².